The van der Waals surface area contributed by atoms with Gasteiger partial charge in [-0.05, 0) is 24.6 Å². The van der Waals surface area contributed by atoms with E-state index in [0.29, 0.717) is 11.4 Å². The summed E-state index contributed by atoms with van der Waals surface area (Å²) in [4.78, 5) is 2.63. The molecule has 0 bridgehead atoms. The average molecular weight is 360 g/mol. The third-order valence-corrected chi connectivity index (χ3v) is 5.83. The van der Waals surface area contributed by atoms with Gasteiger partial charge in [0.05, 0.1) is 18.1 Å². The first-order valence-corrected chi connectivity index (χ1v) is 10.1. The molecule has 0 radical (unpaired) electrons. The van der Waals surface area contributed by atoms with Gasteiger partial charge in [0.2, 0.25) is 10.0 Å². The Bertz CT molecular complexity index is 772. The van der Waals surface area contributed by atoms with E-state index in [1.165, 1.54) is 0 Å². The van der Waals surface area contributed by atoms with E-state index in [9.17, 15) is 8.42 Å². The van der Waals surface area contributed by atoms with E-state index in [1.54, 1.807) is 12.1 Å². The highest BCUT2D eigenvalue weighted by Gasteiger charge is 2.18. The van der Waals surface area contributed by atoms with Crippen LogP contribution in [0.2, 0.25) is 0 Å². The number of hydrogen-bond acceptors (Lipinski definition) is 4. The molecule has 0 saturated carbocycles. The van der Waals surface area contributed by atoms with Crippen molar-refractivity contribution in [1.29, 1.82) is 0 Å². The van der Waals surface area contributed by atoms with Crippen molar-refractivity contribution < 1.29 is 13.2 Å². The predicted octanol–water partition coefficient (Wildman–Crippen LogP) is 2.35. The largest absolute Gasteiger partial charge is 0.379 e. The van der Waals surface area contributed by atoms with Crippen LogP contribution in [0.5, 0.6) is 0 Å². The summed E-state index contributed by atoms with van der Waals surface area (Å²) in [5, 5.41) is 0. The maximum atomic E-state index is 12.7. The number of sulfonamides is 1. The van der Waals surface area contributed by atoms with Gasteiger partial charge < -0.3 is 4.74 Å². The predicted molar refractivity (Wildman–Crippen MR) is 98.9 cm³/mol. The normalized spacial score (nSPS) is 16.0. The molecular formula is C19H24N2O3S. The minimum atomic E-state index is -3.54. The van der Waals surface area contributed by atoms with Crippen LogP contribution in [0.25, 0.3) is 11.1 Å². The Hall–Kier alpha value is -1.73. The lowest BCUT2D eigenvalue weighted by molar-refractivity contribution is 0.0376. The second-order valence-electron chi connectivity index (χ2n) is 6.07. The highest BCUT2D eigenvalue weighted by molar-refractivity contribution is 7.89. The third kappa shape index (κ3) is 4.89. The number of rotatable bonds is 7. The first kappa shape index (κ1) is 18.1. The number of nitrogens with one attached hydrogen (secondary N) is 1. The van der Waals surface area contributed by atoms with E-state index in [-0.39, 0.29) is 0 Å². The highest BCUT2D eigenvalue weighted by Crippen LogP contribution is 2.26. The molecule has 0 spiro atoms. The van der Waals surface area contributed by atoms with Gasteiger partial charge >= 0.3 is 0 Å². The summed E-state index contributed by atoms with van der Waals surface area (Å²) in [5.74, 6) is 0. The molecule has 2 aromatic carbocycles. The molecule has 1 saturated heterocycles. The summed E-state index contributed by atoms with van der Waals surface area (Å²) in [5.41, 5.74) is 1.63. The number of morpholine rings is 1. The molecule has 1 N–H and O–H groups in total. The first-order valence-electron chi connectivity index (χ1n) is 8.61. The maximum absolute atomic E-state index is 12.7. The Morgan fingerprint density at radius 1 is 0.960 bits per heavy atom. The lowest BCUT2D eigenvalue weighted by atomic mass is 10.1. The first-order chi connectivity index (χ1) is 12.2. The number of hydrogen-bond donors (Lipinski definition) is 1. The monoisotopic (exact) mass is 360 g/mol. The second-order valence-corrected chi connectivity index (χ2v) is 7.80. The molecule has 1 aliphatic heterocycles. The smallest absolute Gasteiger partial charge is 0.241 e. The molecule has 1 aliphatic rings. The standard InChI is InChI=1S/C19H24N2O3S/c22-25(23,20-11-6-12-21-13-15-24-16-14-21)19-10-5-4-9-18(19)17-7-2-1-3-8-17/h1-5,7-10,20H,6,11-16H2. The lowest BCUT2D eigenvalue weighted by Gasteiger charge is -2.26. The van der Waals surface area contributed by atoms with Crippen LogP contribution in [-0.2, 0) is 14.8 Å². The number of nitrogens with zero attached hydrogens (tertiary/aromatic N) is 1. The van der Waals surface area contributed by atoms with Gasteiger partial charge in [-0.1, -0.05) is 48.5 Å². The fourth-order valence-electron chi connectivity index (χ4n) is 2.97. The molecule has 0 amide bonds. The summed E-state index contributed by atoms with van der Waals surface area (Å²) >= 11 is 0. The van der Waals surface area contributed by atoms with Gasteiger partial charge in [-0.25, -0.2) is 13.1 Å². The molecule has 1 fully saturated rings. The van der Waals surface area contributed by atoms with Gasteiger partial charge in [0, 0.05) is 25.2 Å². The SMILES string of the molecule is O=S(=O)(NCCCN1CCOCC1)c1ccccc1-c1ccccc1. The average Bonchev–Trinajstić information content (AvgIpc) is 2.67. The van der Waals surface area contributed by atoms with Crippen molar-refractivity contribution in [2.45, 2.75) is 11.3 Å². The molecule has 134 valence electrons. The molecule has 2 aromatic rings. The molecule has 5 nitrogen and oxygen atoms in total. The van der Waals surface area contributed by atoms with Gasteiger partial charge in [0.25, 0.3) is 0 Å². The number of benzene rings is 2. The van der Waals surface area contributed by atoms with Gasteiger partial charge in [-0.3, -0.25) is 4.90 Å². The van der Waals surface area contributed by atoms with Crippen molar-refractivity contribution >= 4 is 10.0 Å². The molecule has 0 atom stereocenters. The van der Waals surface area contributed by atoms with Crippen LogP contribution >= 0.6 is 0 Å². The maximum Gasteiger partial charge on any atom is 0.241 e. The van der Waals surface area contributed by atoms with Crippen molar-refractivity contribution in [3.8, 4) is 11.1 Å². The van der Waals surface area contributed by atoms with E-state index in [0.717, 1.165) is 50.4 Å². The molecule has 0 aromatic heterocycles. The second kappa shape index (κ2) is 8.58. The third-order valence-electron chi connectivity index (χ3n) is 4.31. The summed E-state index contributed by atoms with van der Waals surface area (Å²) < 4.78 is 33.5. The zero-order valence-electron chi connectivity index (χ0n) is 14.2. The Kier molecular flexibility index (Phi) is 6.20. The Labute approximate surface area is 149 Å². The van der Waals surface area contributed by atoms with Crippen molar-refractivity contribution in [1.82, 2.24) is 9.62 Å². The minimum Gasteiger partial charge on any atom is -0.379 e. The molecule has 1 heterocycles. The van der Waals surface area contributed by atoms with Gasteiger partial charge in [0.15, 0.2) is 0 Å². The Morgan fingerprint density at radius 3 is 2.40 bits per heavy atom. The fraction of sp³-hybridized carbons (Fsp3) is 0.368. The topological polar surface area (TPSA) is 58.6 Å². The molecular weight excluding hydrogens is 336 g/mol. The molecule has 0 unspecified atom stereocenters. The molecule has 25 heavy (non-hydrogen) atoms. The summed E-state index contributed by atoms with van der Waals surface area (Å²) in [7, 11) is -3.54. The van der Waals surface area contributed by atoms with E-state index in [4.69, 9.17) is 4.74 Å². The van der Waals surface area contributed by atoms with Crippen LogP contribution in [0.4, 0.5) is 0 Å². The van der Waals surface area contributed by atoms with Crippen LogP contribution in [-0.4, -0.2) is 52.7 Å². The van der Waals surface area contributed by atoms with E-state index in [2.05, 4.69) is 9.62 Å². The fourth-order valence-corrected chi connectivity index (χ4v) is 4.27. The van der Waals surface area contributed by atoms with Crippen LogP contribution in [0, 0.1) is 0 Å². The van der Waals surface area contributed by atoms with Gasteiger partial charge in [0.1, 0.15) is 0 Å². The highest BCUT2D eigenvalue weighted by atomic mass is 32.2. The minimum absolute atomic E-state index is 0.326. The summed E-state index contributed by atoms with van der Waals surface area (Å²) in [6.45, 7) is 4.68. The van der Waals surface area contributed by atoms with E-state index >= 15 is 0 Å². The van der Waals surface area contributed by atoms with Crippen molar-refractivity contribution in [3.05, 3.63) is 54.6 Å². The van der Waals surface area contributed by atoms with Crippen molar-refractivity contribution in [2.24, 2.45) is 0 Å². The molecule has 6 heteroatoms. The van der Waals surface area contributed by atoms with E-state index in [1.807, 2.05) is 42.5 Å². The van der Waals surface area contributed by atoms with Crippen LogP contribution in [0.3, 0.4) is 0 Å². The van der Waals surface area contributed by atoms with Crippen LogP contribution in [0.1, 0.15) is 6.42 Å². The van der Waals surface area contributed by atoms with Gasteiger partial charge in [-0.2, -0.15) is 0 Å². The zero-order valence-corrected chi connectivity index (χ0v) is 15.0. The Morgan fingerprint density at radius 2 is 1.64 bits per heavy atom. The van der Waals surface area contributed by atoms with E-state index < -0.39 is 10.0 Å². The number of ether oxygens (including phenoxy) is 1. The molecule has 3 rings (SSSR count). The van der Waals surface area contributed by atoms with Gasteiger partial charge in [-0.15, -0.1) is 0 Å². The molecule has 0 aliphatic carbocycles. The lowest BCUT2D eigenvalue weighted by Crippen LogP contribution is -2.38. The Balaban J connectivity index is 1.64. The van der Waals surface area contributed by atoms with Crippen LogP contribution in [0.15, 0.2) is 59.5 Å². The quantitative estimate of drug-likeness (QED) is 0.770. The van der Waals surface area contributed by atoms with Crippen LogP contribution < -0.4 is 4.72 Å². The summed E-state index contributed by atoms with van der Waals surface area (Å²) in [6, 6.07) is 16.7. The van der Waals surface area contributed by atoms with Crippen molar-refractivity contribution in [2.75, 3.05) is 39.4 Å². The summed E-state index contributed by atoms with van der Waals surface area (Å²) in [6.07, 6.45) is 0.784. The van der Waals surface area contributed by atoms with Crippen molar-refractivity contribution in [3.63, 3.8) is 0 Å². The zero-order chi connectivity index (χ0) is 17.5.